The van der Waals surface area contributed by atoms with Gasteiger partial charge in [-0.2, -0.15) is 0 Å². The van der Waals surface area contributed by atoms with E-state index in [0.717, 1.165) is 31.3 Å². The molecule has 2 rings (SSSR count). The predicted molar refractivity (Wildman–Crippen MR) is 92.5 cm³/mol. The van der Waals surface area contributed by atoms with Crippen LogP contribution >= 0.6 is 0 Å². The van der Waals surface area contributed by atoms with E-state index in [1.165, 1.54) is 12.8 Å². The lowest BCUT2D eigenvalue weighted by atomic mass is 9.46. The maximum atomic E-state index is 10.3. The molecule has 0 aliphatic heterocycles. The molecule has 22 heavy (non-hydrogen) atoms. The Bertz CT molecular complexity index is 449. The van der Waals surface area contributed by atoms with E-state index in [4.69, 9.17) is 0 Å². The number of aliphatic hydroxyl groups is 2. The van der Waals surface area contributed by atoms with Gasteiger partial charge in [-0.05, 0) is 73.7 Å². The molecule has 0 aromatic carbocycles. The fourth-order valence-corrected chi connectivity index (χ4v) is 5.12. The molecule has 5 atom stereocenters. The van der Waals surface area contributed by atoms with Crippen LogP contribution in [0.4, 0.5) is 0 Å². The van der Waals surface area contributed by atoms with E-state index in [-0.39, 0.29) is 16.9 Å². The molecular formula is C20H34O2. The molecule has 0 saturated heterocycles. The van der Waals surface area contributed by atoms with Crippen LogP contribution in [-0.4, -0.2) is 21.9 Å². The van der Waals surface area contributed by atoms with Crippen molar-refractivity contribution in [3.05, 3.63) is 24.8 Å². The van der Waals surface area contributed by atoms with Crippen LogP contribution in [0.5, 0.6) is 0 Å². The van der Waals surface area contributed by atoms with Crippen molar-refractivity contribution in [1.29, 1.82) is 0 Å². The van der Waals surface area contributed by atoms with E-state index in [9.17, 15) is 10.2 Å². The summed E-state index contributed by atoms with van der Waals surface area (Å²) >= 11 is 0. The number of hydrogen-bond donors (Lipinski definition) is 2. The summed E-state index contributed by atoms with van der Waals surface area (Å²) in [5.74, 6) is 1.11. The Morgan fingerprint density at radius 2 is 2.00 bits per heavy atom. The van der Waals surface area contributed by atoms with Crippen LogP contribution in [0.1, 0.15) is 66.2 Å². The Balaban J connectivity index is 2.22. The Labute approximate surface area is 136 Å². The maximum Gasteiger partial charge on any atom is 0.0797 e. The van der Waals surface area contributed by atoms with E-state index in [2.05, 4.69) is 33.9 Å². The average molecular weight is 306 g/mol. The zero-order chi connectivity index (χ0) is 16.8. The van der Waals surface area contributed by atoms with Gasteiger partial charge in [0.15, 0.2) is 0 Å². The minimum absolute atomic E-state index is 0.190. The number of hydrogen-bond acceptors (Lipinski definition) is 2. The Hall–Kier alpha value is -0.600. The summed E-state index contributed by atoms with van der Waals surface area (Å²) in [4.78, 5) is 0. The highest BCUT2D eigenvalue weighted by atomic mass is 16.3. The Morgan fingerprint density at radius 1 is 1.36 bits per heavy atom. The third-order valence-corrected chi connectivity index (χ3v) is 6.79. The Morgan fingerprint density at radius 3 is 2.59 bits per heavy atom. The standard InChI is InChI=1S/C20H34O2/c1-7-19(5,22)11-9-15-8-10-18(3,4)17-12-16(21)14(2)13-20(15,17)6/h7,15-17,21-22H,1-2,8-13H2,3-6H3/t15-,16-,17?,19?,20+/m1/s1. The molecule has 2 aliphatic carbocycles. The van der Waals surface area contributed by atoms with E-state index >= 15 is 0 Å². The van der Waals surface area contributed by atoms with Crippen molar-refractivity contribution in [3.8, 4) is 0 Å². The summed E-state index contributed by atoms with van der Waals surface area (Å²) in [6, 6.07) is 0. The topological polar surface area (TPSA) is 40.5 Å². The van der Waals surface area contributed by atoms with Gasteiger partial charge in [-0.3, -0.25) is 0 Å². The normalized spacial score (nSPS) is 40.6. The monoisotopic (exact) mass is 306 g/mol. The molecule has 0 heterocycles. The molecule has 0 aromatic heterocycles. The first kappa shape index (κ1) is 17.7. The highest BCUT2D eigenvalue weighted by Crippen LogP contribution is 2.61. The summed E-state index contributed by atoms with van der Waals surface area (Å²) in [6.45, 7) is 16.8. The molecule has 2 aliphatic rings. The molecule has 0 radical (unpaired) electrons. The van der Waals surface area contributed by atoms with Crippen molar-refractivity contribution < 1.29 is 10.2 Å². The van der Waals surface area contributed by atoms with Crippen molar-refractivity contribution in [2.75, 3.05) is 0 Å². The van der Waals surface area contributed by atoms with Gasteiger partial charge in [-0.15, -0.1) is 6.58 Å². The molecule has 0 amide bonds. The van der Waals surface area contributed by atoms with Gasteiger partial charge in [0, 0.05) is 0 Å². The second-order valence-corrected chi connectivity index (χ2v) is 8.97. The molecule has 2 saturated carbocycles. The zero-order valence-electron chi connectivity index (χ0n) is 14.9. The highest BCUT2D eigenvalue weighted by Gasteiger charge is 2.54. The van der Waals surface area contributed by atoms with Crippen molar-refractivity contribution in [1.82, 2.24) is 0 Å². The SMILES string of the molecule is C=CC(C)(O)CC[C@H]1CCC(C)(C)C2C[C@@H](O)C(=C)C[C@]21C. The second-order valence-electron chi connectivity index (χ2n) is 8.97. The van der Waals surface area contributed by atoms with Crippen LogP contribution in [-0.2, 0) is 0 Å². The first-order valence-corrected chi connectivity index (χ1v) is 8.73. The van der Waals surface area contributed by atoms with Gasteiger partial charge < -0.3 is 10.2 Å². The minimum atomic E-state index is -0.774. The molecule has 0 spiro atoms. The van der Waals surface area contributed by atoms with Gasteiger partial charge in [0.05, 0.1) is 11.7 Å². The van der Waals surface area contributed by atoms with Crippen molar-refractivity contribution in [2.45, 2.75) is 77.9 Å². The summed E-state index contributed by atoms with van der Waals surface area (Å²) in [6.07, 6.45) is 7.27. The third kappa shape index (κ3) is 3.19. The molecule has 0 aromatic rings. The molecule has 2 N–H and O–H groups in total. The fraction of sp³-hybridized carbons (Fsp3) is 0.800. The van der Waals surface area contributed by atoms with Crippen LogP contribution < -0.4 is 0 Å². The van der Waals surface area contributed by atoms with E-state index in [1.807, 2.05) is 6.92 Å². The molecule has 0 bridgehead atoms. The van der Waals surface area contributed by atoms with Crippen molar-refractivity contribution in [3.63, 3.8) is 0 Å². The second kappa shape index (κ2) is 5.79. The van der Waals surface area contributed by atoms with Crippen LogP contribution in [0.25, 0.3) is 0 Å². The van der Waals surface area contributed by atoms with Crippen LogP contribution in [0.3, 0.4) is 0 Å². The molecule has 126 valence electrons. The molecule has 2 unspecified atom stereocenters. The van der Waals surface area contributed by atoms with Crippen LogP contribution in [0, 0.1) is 22.7 Å². The highest BCUT2D eigenvalue weighted by molar-refractivity contribution is 5.16. The first-order valence-electron chi connectivity index (χ1n) is 8.73. The number of aliphatic hydroxyl groups excluding tert-OH is 1. The van der Waals surface area contributed by atoms with Gasteiger partial charge in [-0.1, -0.05) is 33.4 Å². The van der Waals surface area contributed by atoms with E-state index < -0.39 is 5.60 Å². The third-order valence-electron chi connectivity index (χ3n) is 6.79. The van der Waals surface area contributed by atoms with Crippen LogP contribution in [0.15, 0.2) is 24.8 Å². The molecule has 2 heteroatoms. The van der Waals surface area contributed by atoms with E-state index in [0.29, 0.717) is 11.8 Å². The smallest absolute Gasteiger partial charge is 0.0797 e. The lowest BCUT2D eigenvalue weighted by Crippen LogP contribution is -2.52. The molecular weight excluding hydrogens is 272 g/mol. The molecule has 2 nitrogen and oxygen atoms in total. The summed E-state index contributed by atoms with van der Waals surface area (Å²) in [5.41, 5.74) is 0.685. The average Bonchev–Trinajstić information content (AvgIpc) is 2.41. The number of rotatable bonds is 4. The summed E-state index contributed by atoms with van der Waals surface area (Å²) in [7, 11) is 0. The van der Waals surface area contributed by atoms with Gasteiger partial charge in [0.1, 0.15) is 0 Å². The van der Waals surface area contributed by atoms with Gasteiger partial charge >= 0.3 is 0 Å². The first-order chi connectivity index (χ1) is 10.0. The molecule has 2 fully saturated rings. The zero-order valence-corrected chi connectivity index (χ0v) is 14.9. The maximum absolute atomic E-state index is 10.3. The Kier molecular flexibility index (Phi) is 4.68. The summed E-state index contributed by atoms with van der Waals surface area (Å²) < 4.78 is 0. The van der Waals surface area contributed by atoms with Gasteiger partial charge in [-0.25, -0.2) is 0 Å². The minimum Gasteiger partial charge on any atom is -0.389 e. The van der Waals surface area contributed by atoms with Gasteiger partial charge in [0.25, 0.3) is 0 Å². The fourth-order valence-electron chi connectivity index (χ4n) is 5.12. The lowest BCUT2D eigenvalue weighted by Gasteiger charge is -2.59. The van der Waals surface area contributed by atoms with Crippen LogP contribution in [0.2, 0.25) is 0 Å². The van der Waals surface area contributed by atoms with Crippen molar-refractivity contribution >= 4 is 0 Å². The van der Waals surface area contributed by atoms with E-state index in [1.54, 1.807) is 6.08 Å². The number of fused-ring (bicyclic) bond motifs is 1. The lowest BCUT2D eigenvalue weighted by molar-refractivity contribution is -0.0932. The van der Waals surface area contributed by atoms with Gasteiger partial charge in [0.2, 0.25) is 0 Å². The quantitative estimate of drug-likeness (QED) is 0.752. The van der Waals surface area contributed by atoms with Crippen molar-refractivity contribution in [2.24, 2.45) is 22.7 Å². The predicted octanol–water partition coefficient (Wildman–Crippen LogP) is 4.47. The largest absolute Gasteiger partial charge is 0.389 e. The summed E-state index contributed by atoms with van der Waals surface area (Å²) in [5, 5.41) is 20.5.